The molecule has 0 aliphatic rings. The van der Waals surface area contributed by atoms with Gasteiger partial charge in [0.1, 0.15) is 5.82 Å². The Hall–Kier alpha value is -2.43. The summed E-state index contributed by atoms with van der Waals surface area (Å²) < 4.78 is 12.9. The summed E-state index contributed by atoms with van der Waals surface area (Å²) in [6.45, 7) is 0. The molecule has 0 bridgehead atoms. The molecular weight excluding hydrogens is 225 g/mol. The molecule has 0 unspecified atom stereocenters. The van der Waals surface area contributed by atoms with Crippen molar-refractivity contribution in [3.05, 3.63) is 47.9 Å². The molecule has 86 valence electrons. The number of halogens is 1. The fourth-order valence-corrected chi connectivity index (χ4v) is 1.54. The number of carbonyl (C=O) groups excluding carboxylic acids is 1. The van der Waals surface area contributed by atoms with Crippen molar-refractivity contribution in [3.8, 4) is 0 Å². The Labute approximate surface area is 95.4 Å². The number of ketones is 1. The van der Waals surface area contributed by atoms with Gasteiger partial charge in [-0.15, -0.1) is 0 Å². The van der Waals surface area contributed by atoms with Crippen LogP contribution in [-0.2, 0) is 4.79 Å². The van der Waals surface area contributed by atoms with Gasteiger partial charge in [0.15, 0.2) is 5.78 Å². The van der Waals surface area contributed by atoms with Crippen LogP contribution in [-0.4, -0.2) is 21.8 Å². The summed E-state index contributed by atoms with van der Waals surface area (Å²) in [6.07, 6.45) is 3.16. The van der Waals surface area contributed by atoms with E-state index in [0.717, 1.165) is 12.2 Å². The SMILES string of the molecule is O=C(O)C=CC(=O)c1c[nH]c2cc(F)ccc12. The summed E-state index contributed by atoms with van der Waals surface area (Å²) >= 11 is 0. The second kappa shape index (κ2) is 4.21. The highest BCUT2D eigenvalue weighted by atomic mass is 19.1. The lowest BCUT2D eigenvalue weighted by molar-refractivity contribution is -0.131. The predicted octanol–water partition coefficient (Wildman–Crippen LogP) is 2.13. The highest BCUT2D eigenvalue weighted by Crippen LogP contribution is 2.19. The van der Waals surface area contributed by atoms with Crippen LogP contribution < -0.4 is 0 Å². The van der Waals surface area contributed by atoms with Crippen molar-refractivity contribution in [2.24, 2.45) is 0 Å². The van der Waals surface area contributed by atoms with Crippen LogP contribution in [0, 0.1) is 5.82 Å². The van der Waals surface area contributed by atoms with Gasteiger partial charge < -0.3 is 10.1 Å². The molecule has 4 nitrogen and oxygen atoms in total. The fraction of sp³-hybridized carbons (Fsp3) is 0. The molecule has 0 saturated carbocycles. The second-order valence-electron chi connectivity index (χ2n) is 3.43. The molecule has 0 saturated heterocycles. The van der Waals surface area contributed by atoms with Gasteiger partial charge in [0.25, 0.3) is 0 Å². The molecule has 0 radical (unpaired) electrons. The molecular formula is C12H8FNO3. The van der Waals surface area contributed by atoms with E-state index in [1.807, 2.05) is 0 Å². The lowest BCUT2D eigenvalue weighted by Gasteiger charge is -1.93. The Morgan fingerprint density at radius 2 is 2.06 bits per heavy atom. The maximum Gasteiger partial charge on any atom is 0.328 e. The van der Waals surface area contributed by atoms with E-state index in [9.17, 15) is 14.0 Å². The van der Waals surface area contributed by atoms with Crippen LogP contribution in [0.1, 0.15) is 10.4 Å². The summed E-state index contributed by atoms with van der Waals surface area (Å²) in [7, 11) is 0. The number of H-pyrrole nitrogens is 1. The van der Waals surface area contributed by atoms with Crippen LogP contribution in [0.25, 0.3) is 10.9 Å². The van der Waals surface area contributed by atoms with E-state index in [0.29, 0.717) is 16.5 Å². The molecule has 0 fully saturated rings. The number of carboxylic acid groups (broad SMARTS) is 1. The molecule has 0 atom stereocenters. The van der Waals surface area contributed by atoms with Gasteiger partial charge in [0, 0.05) is 28.7 Å². The van der Waals surface area contributed by atoms with Crippen molar-refractivity contribution in [2.45, 2.75) is 0 Å². The number of fused-ring (bicyclic) bond motifs is 1. The minimum Gasteiger partial charge on any atom is -0.478 e. The topological polar surface area (TPSA) is 70.2 Å². The summed E-state index contributed by atoms with van der Waals surface area (Å²) in [6, 6.07) is 3.99. The summed E-state index contributed by atoms with van der Waals surface area (Å²) in [5.41, 5.74) is 0.814. The van der Waals surface area contributed by atoms with E-state index in [1.165, 1.54) is 24.4 Å². The molecule has 1 aromatic heterocycles. The lowest BCUT2D eigenvalue weighted by Crippen LogP contribution is -1.95. The largest absolute Gasteiger partial charge is 0.478 e. The molecule has 0 aliphatic carbocycles. The molecule has 2 aromatic rings. The van der Waals surface area contributed by atoms with Gasteiger partial charge in [0.05, 0.1) is 0 Å². The van der Waals surface area contributed by atoms with E-state index < -0.39 is 17.6 Å². The summed E-state index contributed by atoms with van der Waals surface area (Å²) in [5.74, 6) is -2.03. The predicted molar refractivity (Wildman–Crippen MR) is 59.4 cm³/mol. The van der Waals surface area contributed by atoms with Crippen LogP contribution in [0.5, 0.6) is 0 Å². The number of nitrogens with one attached hydrogen (secondary N) is 1. The smallest absolute Gasteiger partial charge is 0.328 e. The van der Waals surface area contributed by atoms with Crippen LogP contribution >= 0.6 is 0 Å². The monoisotopic (exact) mass is 233 g/mol. The molecule has 2 N–H and O–H groups in total. The molecule has 0 amide bonds. The van der Waals surface area contributed by atoms with E-state index in [-0.39, 0.29) is 0 Å². The van der Waals surface area contributed by atoms with Gasteiger partial charge in [-0.25, -0.2) is 9.18 Å². The van der Waals surface area contributed by atoms with Crippen LogP contribution in [0.2, 0.25) is 0 Å². The number of aromatic nitrogens is 1. The average Bonchev–Trinajstić information content (AvgIpc) is 2.68. The first-order valence-electron chi connectivity index (χ1n) is 4.80. The molecule has 17 heavy (non-hydrogen) atoms. The fourth-order valence-electron chi connectivity index (χ4n) is 1.54. The van der Waals surface area contributed by atoms with Gasteiger partial charge in [-0.1, -0.05) is 0 Å². The summed E-state index contributed by atoms with van der Waals surface area (Å²) in [4.78, 5) is 24.7. The Morgan fingerprint density at radius 3 is 2.76 bits per heavy atom. The standard InChI is InChI=1S/C12H8FNO3/c13-7-1-2-8-9(6-14-10(8)5-7)11(15)3-4-12(16)17/h1-6,14H,(H,16,17). The zero-order chi connectivity index (χ0) is 12.4. The number of aliphatic carboxylic acids is 1. The third-order valence-corrected chi connectivity index (χ3v) is 2.29. The molecule has 0 spiro atoms. The number of carbonyl (C=O) groups is 2. The van der Waals surface area contributed by atoms with Crippen molar-refractivity contribution in [1.29, 1.82) is 0 Å². The third-order valence-electron chi connectivity index (χ3n) is 2.29. The van der Waals surface area contributed by atoms with Crippen LogP contribution in [0.3, 0.4) is 0 Å². The maximum atomic E-state index is 12.9. The van der Waals surface area contributed by atoms with Crippen LogP contribution in [0.15, 0.2) is 36.5 Å². The quantitative estimate of drug-likeness (QED) is 0.630. The highest BCUT2D eigenvalue weighted by molar-refractivity contribution is 6.14. The summed E-state index contributed by atoms with van der Waals surface area (Å²) in [5, 5.41) is 8.97. The lowest BCUT2D eigenvalue weighted by atomic mass is 10.1. The van der Waals surface area contributed by atoms with Crippen molar-refractivity contribution in [1.82, 2.24) is 4.98 Å². The van der Waals surface area contributed by atoms with E-state index in [1.54, 1.807) is 0 Å². The van der Waals surface area contributed by atoms with E-state index >= 15 is 0 Å². The molecule has 1 heterocycles. The van der Waals surface area contributed by atoms with Crippen LogP contribution in [0.4, 0.5) is 4.39 Å². The minimum atomic E-state index is -1.19. The molecule has 1 aromatic carbocycles. The van der Waals surface area contributed by atoms with Gasteiger partial charge >= 0.3 is 5.97 Å². The number of rotatable bonds is 3. The third kappa shape index (κ3) is 2.23. The Kier molecular flexibility index (Phi) is 2.74. The number of hydrogen-bond acceptors (Lipinski definition) is 2. The zero-order valence-electron chi connectivity index (χ0n) is 8.61. The number of hydrogen-bond donors (Lipinski definition) is 2. The van der Waals surface area contributed by atoms with E-state index in [4.69, 9.17) is 5.11 Å². The second-order valence-corrected chi connectivity index (χ2v) is 3.43. The molecule has 5 heteroatoms. The van der Waals surface area contributed by atoms with E-state index in [2.05, 4.69) is 4.98 Å². The van der Waals surface area contributed by atoms with Crippen molar-refractivity contribution >= 4 is 22.7 Å². The minimum absolute atomic E-state index is 0.317. The van der Waals surface area contributed by atoms with Gasteiger partial charge in [-0.05, 0) is 24.3 Å². The number of carboxylic acids is 1. The first kappa shape index (κ1) is 11.1. The first-order valence-corrected chi connectivity index (χ1v) is 4.80. The Bertz CT molecular complexity index is 628. The Morgan fingerprint density at radius 1 is 1.29 bits per heavy atom. The van der Waals surface area contributed by atoms with Gasteiger partial charge in [0.2, 0.25) is 0 Å². The van der Waals surface area contributed by atoms with Gasteiger partial charge in [-0.2, -0.15) is 0 Å². The highest BCUT2D eigenvalue weighted by Gasteiger charge is 2.10. The first-order chi connectivity index (χ1) is 8.08. The van der Waals surface area contributed by atoms with Crippen molar-refractivity contribution in [2.75, 3.05) is 0 Å². The number of benzene rings is 1. The Balaban J connectivity index is 2.43. The maximum absolute atomic E-state index is 12.9. The van der Waals surface area contributed by atoms with Gasteiger partial charge in [-0.3, -0.25) is 4.79 Å². The number of aromatic amines is 1. The molecule has 0 aliphatic heterocycles. The average molecular weight is 233 g/mol. The molecule has 2 rings (SSSR count). The van der Waals surface area contributed by atoms with Crippen molar-refractivity contribution in [3.63, 3.8) is 0 Å². The van der Waals surface area contributed by atoms with Crippen molar-refractivity contribution < 1.29 is 19.1 Å². The normalized spacial score (nSPS) is 11.1. The number of allylic oxidation sites excluding steroid dienone is 1. The zero-order valence-corrected chi connectivity index (χ0v) is 8.61.